The zero-order valence-corrected chi connectivity index (χ0v) is 18.0. The van der Waals surface area contributed by atoms with Gasteiger partial charge in [0.15, 0.2) is 11.5 Å². The maximum Gasteiger partial charge on any atom is 0.338 e. The molecule has 4 aromatic rings. The van der Waals surface area contributed by atoms with Crippen molar-refractivity contribution in [2.45, 2.75) is 19.9 Å². The Hall–Kier alpha value is -3.93. The average Bonchev–Trinajstić information content (AvgIpc) is 3.41. The molecule has 0 bridgehead atoms. The van der Waals surface area contributed by atoms with Gasteiger partial charge in [0.1, 0.15) is 0 Å². The highest BCUT2D eigenvalue weighted by Gasteiger charge is 2.24. The fraction of sp³-hybridized carbons (Fsp3) is 0.192. The van der Waals surface area contributed by atoms with Crippen LogP contribution in [0.1, 0.15) is 40.1 Å². The number of ether oxygens (including phenoxy) is 3. The first-order chi connectivity index (χ1) is 15.6. The Balaban J connectivity index is 1.56. The number of fused-ring (bicyclic) bond motifs is 2. The summed E-state index contributed by atoms with van der Waals surface area (Å²) in [4.78, 5) is 15.5. The van der Waals surface area contributed by atoms with Gasteiger partial charge < -0.3 is 24.5 Å². The number of aromatic amines is 1. The minimum Gasteiger partial charge on any atom is -0.462 e. The molecule has 2 heterocycles. The van der Waals surface area contributed by atoms with Crippen LogP contribution in [0.4, 0.5) is 5.69 Å². The number of hydrogen-bond donors (Lipinski definition) is 2. The molecule has 0 saturated heterocycles. The molecular weight excluding hydrogens is 404 g/mol. The Morgan fingerprint density at radius 3 is 2.66 bits per heavy atom. The normalized spacial score (nSPS) is 13.2. The van der Waals surface area contributed by atoms with Crippen molar-refractivity contribution < 1.29 is 19.0 Å². The maximum absolute atomic E-state index is 12.0. The fourth-order valence-electron chi connectivity index (χ4n) is 4.17. The van der Waals surface area contributed by atoms with Gasteiger partial charge in [-0.15, -0.1) is 0 Å². The average molecular weight is 428 g/mol. The van der Waals surface area contributed by atoms with Gasteiger partial charge in [0.25, 0.3) is 0 Å². The summed E-state index contributed by atoms with van der Waals surface area (Å²) in [6.45, 7) is 4.47. The second-order valence-corrected chi connectivity index (χ2v) is 7.70. The third-order valence-electron chi connectivity index (χ3n) is 5.67. The van der Waals surface area contributed by atoms with Crippen molar-refractivity contribution in [2.24, 2.45) is 0 Å². The Morgan fingerprint density at radius 1 is 1.06 bits per heavy atom. The number of para-hydroxylation sites is 1. The van der Waals surface area contributed by atoms with E-state index >= 15 is 0 Å². The summed E-state index contributed by atoms with van der Waals surface area (Å²) < 4.78 is 16.2. The van der Waals surface area contributed by atoms with E-state index in [1.807, 2.05) is 36.4 Å². The number of carbonyl (C=O) groups is 1. The van der Waals surface area contributed by atoms with Crippen molar-refractivity contribution >= 4 is 22.6 Å². The Labute approximate surface area is 186 Å². The van der Waals surface area contributed by atoms with Crippen molar-refractivity contribution in [1.82, 2.24) is 4.98 Å². The van der Waals surface area contributed by atoms with Gasteiger partial charge in [0, 0.05) is 27.8 Å². The molecule has 0 saturated carbocycles. The largest absolute Gasteiger partial charge is 0.462 e. The van der Waals surface area contributed by atoms with E-state index in [-0.39, 0.29) is 18.8 Å². The highest BCUT2D eigenvalue weighted by atomic mass is 16.7. The molecule has 32 heavy (non-hydrogen) atoms. The summed E-state index contributed by atoms with van der Waals surface area (Å²) in [7, 11) is 0. The second kappa shape index (κ2) is 8.30. The van der Waals surface area contributed by atoms with Gasteiger partial charge in [0.05, 0.1) is 18.2 Å². The minimum atomic E-state index is -0.321. The molecule has 1 atom stereocenters. The monoisotopic (exact) mass is 428 g/mol. The molecule has 2 N–H and O–H groups in total. The second-order valence-electron chi connectivity index (χ2n) is 7.70. The summed E-state index contributed by atoms with van der Waals surface area (Å²) in [6.07, 6.45) is 0. The van der Waals surface area contributed by atoms with Gasteiger partial charge in [0.2, 0.25) is 6.79 Å². The van der Waals surface area contributed by atoms with Gasteiger partial charge in [-0.25, -0.2) is 4.79 Å². The van der Waals surface area contributed by atoms with Crippen LogP contribution in [0.5, 0.6) is 11.5 Å². The topological polar surface area (TPSA) is 72.6 Å². The molecule has 1 aromatic heterocycles. The molecule has 0 aliphatic carbocycles. The van der Waals surface area contributed by atoms with Gasteiger partial charge in [-0.3, -0.25) is 0 Å². The first kappa shape index (κ1) is 20.0. The summed E-state index contributed by atoms with van der Waals surface area (Å²) in [6, 6.07) is 21.5. The quantitative estimate of drug-likeness (QED) is 0.392. The smallest absolute Gasteiger partial charge is 0.338 e. The summed E-state index contributed by atoms with van der Waals surface area (Å²) in [5.41, 5.74) is 5.81. The number of hydrogen-bond acceptors (Lipinski definition) is 5. The SMILES string of the molecule is CCOC(=O)c1ccc(NC(c2ccc3c(c2)OCO3)c2c(C)[nH]c3ccccc23)cc1. The summed E-state index contributed by atoms with van der Waals surface area (Å²) in [5, 5.41) is 4.81. The summed E-state index contributed by atoms with van der Waals surface area (Å²) >= 11 is 0. The molecule has 6 nitrogen and oxygen atoms in total. The molecule has 3 aromatic carbocycles. The number of H-pyrrole nitrogens is 1. The first-order valence-corrected chi connectivity index (χ1v) is 10.6. The molecule has 6 heteroatoms. The van der Waals surface area contributed by atoms with Crippen LogP contribution in [0, 0.1) is 6.92 Å². The van der Waals surface area contributed by atoms with Crippen molar-refractivity contribution in [2.75, 3.05) is 18.7 Å². The van der Waals surface area contributed by atoms with Crippen molar-refractivity contribution in [3.63, 3.8) is 0 Å². The van der Waals surface area contributed by atoms with Crippen LogP contribution < -0.4 is 14.8 Å². The number of benzene rings is 3. The molecular formula is C26H24N2O4. The minimum absolute atomic E-state index is 0.144. The van der Waals surface area contributed by atoms with Gasteiger partial charge >= 0.3 is 5.97 Å². The molecule has 1 aliphatic rings. The lowest BCUT2D eigenvalue weighted by Crippen LogP contribution is -2.13. The lowest BCUT2D eigenvalue weighted by molar-refractivity contribution is 0.0526. The van der Waals surface area contributed by atoms with E-state index in [1.54, 1.807) is 19.1 Å². The number of aryl methyl sites for hydroxylation is 1. The van der Waals surface area contributed by atoms with Crippen molar-refractivity contribution in [1.29, 1.82) is 0 Å². The predicted octanol–water partition coefficient (Wildman–Crippen LogP) is 5.58. The number of carbonyl (C=O) groups excluding carboxylic acids is 1. The molecule has 0 radical (unpaired) electrons. The highest BCUT2D eigenvalue weighted by molar-refractivity contribution is 5.90. The molecule has 162 valence electrons. The first-order valence-electron chi connectivity index (χ1n) is 10.6. The van der Waals surface area contributed by atoms with Crippen LogP contribution in [0.2, 0.25) is 0 Å². The number of nitrogens with one attached hydrogen (secondary N) is 2. The van der Waals surface area contributed by atoms with Gasteiger partial charge in [-0.1, -0.05) is 24.3 Å². The van der Waals surface area contributed by atoms with E-state index in [1.165, 1.54) is 0 Å². The number of rotatable bonds is 6. The van der Waals surface area contributed by atoms with Crippen LogP contribution in [-0.4, -0.2) is 24.4 Å². The van der Waals surface area contributed by atoms with E-state index in [2.05, 4.69) is 35.4 Å². The fourth-order valence-corrected chi connectivity index (χ4v) is 4.17. The third-order valence-corrected chi connectivity index (χ3v) is 5.67. The van der Waals surface area contributed by atoms with E-state index in [0.717, 1.165) is 44.9 Å². The van der Waals surface area contributed by atoms with Crippen molar-refractivity contribution in [3.05, 3.63) is 89.1 Å². The molecule has 5 rings (SSSR count). The van der Waals surface area contributed by atoms with Crippen LogP contribution in [0.3, 0.4) is 0 Å². The Kier molecular flexibility index (Phi) is 5.19. The number of esters is 1. The number of anilines is 1. The zero-order valence-electron chi connectivity index (χ0n) is 18.0. The third kappa shape index (κ3) is 3.64. The van der Waals surface area contributed by atoms with Crippen LogP contribution in [-0.2, 0) is 4.74 Å². The van der Waals surface area contributed by atoms with E-state index in [0.29, 0.717) is 12.2 Å². The lowest BCUT2D eigenvalue weighted by Gasteiger charge is -2.22. The predicted molar refractivity (Wildman–Crippen MR) is 123 cm³/mol. The van der Waals surface area contributed by atoms with Crippen molar-refractivity contribution in [3.8, 4) is 11.5 Å². The Bertz CT molecular complexity index is 1280. The van der Waals surface area contributed by atoms with Gasteiger partial charge in [-0.05, 0) is 61.9 Å². The molecule has 0 fully saturated rings. The van der Waals surface area contributed by atoms with E-state index in [4.69, 9.17) is 14.2 Å². The highest BCUT2D eigenvalue weighted by Crippen LogP contribution is 2.39. The standard InChI is InChI=1S/C26H24N2O4/c1-3-30-26(29)17-8-11-19(12-9-17)28-25(18-10-13-22-23(14-18)32-15-31-22)24-16(2)27-21-7-5-4-6-20(21)24/h4-14,25,27-28H,3,15H2,1-2H3. The van der Waals surface area contributed by atoms with Crippen LogP contribution in [0.15, 0.2) is 66.7 Å². The molecule has 1 aliphatic heterocycles. The van der Waals surface area contributed by atoms with Gasteiger partial charge in [-0.2, -0.15) is 0 Å². The Morgan fingerprint density at radius 2 is 1.84 bits per heavy atom. The van der Waals surface area contributed by atoms with E-state index in [9.17, 15) is 4.79 Å². The number of aromatic nitrogens is 1. The van der Waals surface area contributed by atoms with Crippen LogP contribution in [0.25, 0.3) is 10.9 Å². The van der Waals surface area contributed by atoms with E-state index < -0.39 is 0 Å². The maximum atomic E-state index is 12.0. The lowest BCUT2D eigenvalue weighted by atomic mass is 9.95. The zero-order chi connectivity index (χ0) is 22.1. The summed E-state index contributed by atoms with van der Waals surface area (Å²) in [5.74, 6) is 1.17. The molecule has 0 amide bonds. The molecule has 0 spiro atoms. The molecule has 1 unspecified atom stereocenters. The van der Waals surface area contributed by atoms with Crippen LogP contribution >= 0.6 is 0 Å².